The van der Waals surface area contributed by atoms with E-state index in [0.717, 1.165) is 28.3 Å². The molecule has 144 valence electrons. The molecule has 0 N–H and O–H groups in total. The maximum absolute atomic E-state index is 13.2. The summed E-state index contributed by atoms with van der Waals surface area (Å²) in [6.45, 7) is 2.95. The summed E-state index contributed by atoms with van der Waals surface area (Å²) in [5.74, 6) is 0.462. The zero-order chi connectivity index (χ0) is 20.0. The van der Waals surface area contributed by atoms with E-state index in [2.05, 4.69) is 19.1 Å². The number of halogens is 1. The Morgan fingerprint density at radius 3 is 2.48 bits per heavy atom. The number of amides is 1. The van der Waals surface area contributed by atoms with Gasteiger partial charge in [-0.25, -0.2) is 9.07 Å². The van der Waals surface area contributed by atoms with Crippen molar-refractivity contribution in [2.24, 2.45) is 0 Å². The summed E-state index contributed by atoms with van der Waals surface area (Å²) in [5, 5.41) is 4.84. The van der Waals surface area contributed by atoms with E-state index in [1.54, 1.807) is 4.90 Å². The van der Waals surface area contributed by atoms with E-state index in [-0.39, 0.29) is 11.7 Å². The van der Waals surface area contributed by atoms with E-state index in [1.165, 1.54) is 24.3 Å². The summed E-state index contributed by atoms with van der Waals surface area (Å²) in [5.41, 5.74) is 4.53. The number of nitrogens with zero attached hydrogens (tertiary/aromatic N) is 4. The second-order valence-electron chi connectivity index (χ2n) is 7.26. The number of hydrogen-bond donors (Lipinski definition) is 0. The highest BCUT2D eigenvalue weighted by Crippen LogP contribution is 2.31. The third-order valence-electron chi connectivity index (χ3n) is 5.20. The van der Waals surface area contributed by atoms with E-state index in [9.17, 15) is 9.18 Å². The molecule has 29 heavy (non-hydrogen) atoms. The average molecular weight is 386 g/mol. The van der Waals surface area contributed by atoms with Gasteiger partial charge in [-0.3, -0.25) is 4.79 Å². The number of fused-ring (bicyclic) bond motifs is 1. The van der Waals surface area contributed by atoms with E-state index in [1.807, 2.05) is 45.9 Å². The number of aryl methyl sites for hydroxylation is 1. The predicted octanol–water partition coefficient (Wildman–Crippen LogP) is 4.27. The maximum atomic E-state index is 13.2. The third kappa shape index (κ3) is 3.02. The Morgan fingerprint density at radius 2 is 1.76 bits per heavy atom. The van der Waals surface area contributed by atoms with Crippen LogP contribution in [0.1, 0.15) is 27.2 Å². The molecule has 3 heterocycles. The molecule has 0 radical (unpaired) electrons. The summed E-state index contributed by atoms with van der Waals surface area (Å²) in [4.78, 5) is 14.6. The highest BCUT2D eigenvalue weighted by Gasteiger charge is 2.31. The highest BCUT2D eigenvalue weighted by atomic mass is 19.1. The zero-order valence-corrected chi connectivity index (χ0v) is 15.9. The van der Waals surface area contributed by atoms with Crippen molar-refractivity contribution >= 4 is 5.91 Å². The fraction of sp³-hybridized carbons (Fsp3) is 0.130. The molecule has 1 aliphatic rings. The second kappa shape index (κ2) is 6.74. The smallest absolute Gasteiger partial charge is 0.254 e. The number of hydrogen-bond acceptors (Lipinski definition) is 2. The first-order chi connectivity index (χ1) is 14.1. The number of carbonyl (C=O) groups is 1. The van der Waals surface area contributed by atoms with Crippen molar-refractivity contribution in [3.05, 3.63) is 101 Å². The van der Waals surface area contributed by atoms with Crippen LogP contribution in [0.4, 0.5) is 4.39 Å². The van der Waals surface area contributed by atoms with E-state index in [4.69, 9.17) is 5.10 Å². The summed E-state index contributed by atoms with van der Waals surface area (Å²) >= 11 is 0. The molecule has 0 spiro atoms. The maximum Gasteiger partial charge on any atom is 0.254 e. The van der Waals surface area contributed by atoms with Crippen molar-refractivity contribution in [1.29, 1.82) is 0 Å². The van der Waals surface area contributed by atoms with Gasteiger partial charge in [0.05, 0.1) is 24.5 Å². The Hall–Kier alpha value is -3.67. The number of rotatable bonds is 3. The minimum Gasteiger partial charge on any atom is -0.328 e. The fourth-order valence-electron chi connectivity index (χ4n) is 3.80. The quantitative estimate of drug-likeness (QED) is 0.528. The van der Waals surface area contributed by atoms with Gasteiger partial charge in [-0.2, -0.15) is 5.10 Å². The largest absolute Gasteiger partial charge is 0.328 e. The molecule has 0 fully saturated rings. The minimum absolute atomic E-state index is 0.122. The molecule has 1 aliphatic heterocycles. The van der Waals surface area contributed by atoms with Gasteiger partial charge in [0.15, 0.2) is 0 Å². The lowest BCUT2D eigenvalue weighted by atomic mass is 10.2. The summed E-state index contributed by atoms with van der Waals surface area (Å²) in [7, 11) is 0. The molecule has 0 unspecified atom stereocenters. The van der Waals surface area contributed by atoms with Crippen LogP contribution >= 0.6 is 0 Å². The molecule has 0 saturated heterocycles. The number of benzene rings is 2. The lowest BCUT2D eigenvalue weighted by Crippen LogP contribution is -2.26. The molecule has 5 rings (SSSR count). The number of carbonyl (C=O) groups excluding carboxylic acids is 1. The molecule has 1 amide bonds. The first kappa shape index (κ1) is 17.4. The van der Waals surface area contributed by atoms with Crippen LogP contribution in [0.15, 0.2) is 73.1 Å². The summed E-state index contributed by atoms with van der Waals surface area (Å²) in [6.07, 6.45) is 3.96. The number of aromatic nitrogens is 3. The normalized spacial score (nSPS) is 13.0. The van der Waals surface area contributed by atoms with Crippen LogP contribution in [0.2, 0.25) is 0 Å². The van der Waals surface area contributed by atoms with E-state index >= 15 is 0 Å². The Labute approximate surface area is 167 Å². The van der Waals surface area contributed by atoms with Gasteiger partial charge in [-0.15, -0.1) is 0 Å². The second-order valence-corrected chi connectivity index (χ2v) is 7.26. The Bertz CT molecular complexity index is 1190. The van der Waals surface area contributed by atoms with Crippen LogP contribution in [0.3, 0.4) is 0 Å². The topological polar surface area (TPSA) is 43.1 Å². The van der Waals surface area contributed by atoms with E-state index in [0.29, 0.717) is 18.7 Å². The molecule has 4 aromatic rings. The van der Waals surface area contributed by atoms with Crippen LogP contribution in [0, 0.1) is 12.7 Å². The SMILES string of the molecule is Cc1cccc(-n2nc3c(c2-n2cccc2)CN(C(=O)c2ccc(F)cc2)C3)c1. The summed E-state index contributed by atoms with van der Waals surface area (Å²) < 4.78 is 17.2. The van der Waals surface area contributed by atoms with Gasteiger partial charge in [0.2, 0.25) is 0 Å². The van der Waals surface area contributed by atoms with Crippen molar-refractivity contribution in [1.82, 2.24) is 19.2 Å². The lowest BCUT2D eigenvalue weighted by molar-refractivity contribution is 0.0749. The van der Waals surface area contributed by atoms with Gasteiger partial charge in [-0.1, -0.05) is 12.1 Å². The van der Waals surface area contributed by atoms with Gasteiger partial charge in [0.25, 0.3) is 5.91 Å². The van der Waals surface area contributed by atoms with Crippen LogP contribution < -0.4 is 0 Å². The molecule has 5 nitrogen and oxygen atoms in total. The standard InChI is InChI=1S/C23H19FN4O/c1-16-5-4-6-19(13-16)28-22(26-11-2-3-12-26)20-14-27(15-21(20)25-28)23(29)17-7-9-18(24)10-8-17/h2-13H,14-15H2,1H3. The lowest BCUT2D eigenvalue weighted by Gasteiger charge is -2.17. The van der Waals surface area contributed by atoms with Gasteiger partial charge < -0.3 is 9.47 Å². The molecule has 0 bridgehead atoms. The molecule has 6 heteroatoms. The van der Waals surface area contributed by atoms with Crippen molar-refractivity contribution in [2.75, 3.05) is 0 Å². The average Bonchev–Trinajstić information content (AvgIpc) is 3.44. The van der Waals surface area contributed by atoms with Crippen LogP contribution in [0.25, 0.3) is 11.5 Å². The minimum atomic E-state index is -0.351. The Morgan fingerprint density at radius 1 is 1.00 bits per heavy atom. The van der Waals surface area contributed by atoms with Crippen LogP contribution in [0.5, 0.6) is 0 Å². The van der Waals surface area contributed by atoms with E-state index < -0.39 is 0 Å². The summed E-state index contributed by atoms with van der Waals surface area (Å²) in [6, 6.07) is 17.8. The molecular formula is C23H19FN4O. The Kier molecular flexibility index (Phi) is 4.05. The fourth-order valence-corrected chi connectivity index (χ4v) is 3.80. The zero-order valence-electron chi connectivity index (χ0n) is 15.9. The third-order valence-corrected chi connectivity index (χ3v) is 5.20. The van der Waals surface area contributed by atoms with Gasteiger partial charge >= 0.3 is 0 Å². The molecule has 0 atom stereocenters. The first-order valence-corrected chi connectivity index (χ1v) is 9.46. The van der Waals surface area contributed by atoms with Crippen molar-refractivity contribution in [3.8, 4) is 11.5 Å². The molecule has 2 aromatic heterocycles. The Balaban J connectivity index is 1.54. The van der Waals surface area contributed by atoms with Crippen molar-refractivity contribution in [2.45, 2.75) is 20.0 Å². The van der Waals surface area contributed by atoms with Crippen LogP contribution in [-0.2, 0) is 13.1 Å². The monoisotopic (exact) mass is 386 g/mol. The van der Waals surface area contributed by atoms with Crippen molar-refractivity contribution in [3.63, 3.8) is 0 Å². The first-order valence-electron chi connectivity index (χ1n) is 9.46. The van der Waals surface area contributed by atoms with Crippen LogP contribution in [-0.4, -0.2) is 25.2 Å². The molecule has 0 saturated carbocycles. The van der Waals surface area contributed by atoms with Gasteiger partial charge in [0.1, 0.15) is 11.6 Å². The molecular weight excluding hydrogens is 367 g/mol. The predicted molar refractivity (Wildman–Crippen MR) is 108 cm³/mol. The van der Waals surface area contributed by atoms with Crippen molar-refractivity contribution < 1.29 is 9.18 Å². The molecule has 2 aromatic carbocycles. The van der Waals surface area contributed by atoms with Gasteiger partial charge in [0, 0.05) is 23.5 Å². The highest BCUT2D eigenvalue weighted by molar-refractivity contribution is 5.94. The molecule has 0 aliphatic carbocycles. The van der Waals surface area contributed by atoms with Gasteiger partial charge in [-0.05, 0) is 61.0 Å².